The molecule has 1 unspecified atom stereocenters. The van der Waals surface area contributed by atoms with E-state index in [9.17, 15) is 0 Å². The van der Waals surface area contributed by atoms with Crippen LogP contribution in [0.4, 0.5) is 0 Å². The summed E-state index contributed by atoms with van der Waals surface area (Å²) in [5.41, 5.74) is 1.24. The Morgan fingerprint density at radius 3 is 2.71 bits per heavy atom. The van der Waals surface area contributed by atoms with Crippen molar-refractivity contribution in [2.24, 2.45) is 0 Å². The molecule has 0 aliphatic heterocycles. The molecule has 0 saturated heterocycles. The SMILES string of the molecule is CCCOc1ccccc1C(CCc1ccco1)NCC. The first-order chi connectivity index (χ1) is 10.3. The van der Waals surface area contributed by atoms with Gasteiger partial charge in [-0.05, 0) is 37.6 Å². The lowest BCUT2D eigenvalue weighted by Crippen LogP contribution is -2.22. The first-order valence-corrected chi connectivity index (χ1v) is 7.82. The van der Waals surface area contributed by atoms with Gasteiger partial charge in [0, 0.05) is 18.0 Å². The highest BCUT2D eigenvalue weighted by atomic mass is 16.5. The molecule has 1 aromatic carbocycles. The summed E-state index contributed by atoms with van der Waals surface area (Å²) in [6, 6.07) is 12.6. The lowest BCUT2D eigenvalue weighted by atomic mass is 10.00. The van der Waals surface area contributed by atoms with Gasteiger partial charge in [-0.3, -0.25) is 0 Å². The second kappa shape index (κ2) is 8.53. The number of furan rings is 1. The Labute approximate surface area is 127 Å². The van der Waals surface area contributed by atoms with Crippen molar-refractivity contribution in [3.8, 4) is 5.75 Å². The topological polar surface area (TPSA) is 34.4 Å². The summed E-state index contributed by atoms with van der Waals surface area (Å²) >= 11 is 0. The minimum absolute atomic E-state index is 0.285. The van der Waals surface area contributed by atoms with Crippen LogP contribution >= 0.6 is 0 Å². The predicted molar refractivity (Wildman–Crippen MR) is 85.7 cm³/mol. The number of hydrogen-bond acceptors (Lipinski definition) is 3. The van der Waals surface area contributed by atoms with Gasteiger partial charge in [0.2, 0.25) is 0 Å². The van der Waals surface area contributed by atoms with Gasteiger partial charge in [-0.25, -0.2) is 0 Å². The zero-order valence-corrected chi connectivity index (χ0v) is 13.0. The first kappa shape index (κ1) is 15.6. The summed E-state index contributed by atoms with van der Waals surface area (Å²) in [7, 11) is 0. The molecular weight excluding hydrogens is 262 g/mol. The maximum absolute atomic E-state index is 5.89. The predicted octanol–water partition coefficient (Wildman–Crippen LogP) is 4.35. The fourth-order valence-electron chi connectivity index (χ4n) is 2.47. The van der Waals surface area contributed by atoms with Gasteiger partial charge in [0.1, 0.15) is 11.5 Å². The summed E-state index contributed by atoms with van der Waals surface area (Å²) in [6.07, 6.45) is 4.67. The van der Waals surface area contributed by atoms with Gasteiger partial charge in [-0.1, -0.05) is 32.0 Å². The van der Waals surface area contributed by atoms with Crippen LogP contribution in [-0.4, -0.2) is 13.2 Å². The second-order valence-electron chi connectivity index (χ2n) is 5.11. The van der Waals surface area contributed by atoms with E-state index in [0.29, 0.717) is 0 Å². The van der Waals surface area contributed by atoms with E-state index >= 15 is 0 Å². The molecule has 2 aromatic rings. The summed E-state index contributed by atoms with van der Waals surface area (Å²) in [5, 5.41) is 3.56. The molecule has 0 amide bonds. The standard InChI is InChI=1S/C18H25NO2/c1-3-13-21-18-10-6-5-9-16(18)17(19-4-2)12-11-15-8-7-14-20-15/h5-10,14,17,19H,3-4,11-13H2,1-2H3. The van der Waals surface area contributed by atoms with E-state index in [-0.39, 0.29) is 6.04 Å². The van der Waals surface area contributed by atoms with Crippen LogP contribution in [0.15, 0.2) is 47.1 Å². The van der Waals surface area contributed by atoms with Crippen molar-refractivity contribution in [2.75, 3.05) is 13.2 Å². The number of ether oxygens (including phenoxy) is 1. The molecule has 2 rings (SSSR count). The highest BCUT2D eigenvalue weighted by molar-refractivity contribution is 5.36. The van der Waals surface area contributed by atoms with Crippen LogP contribution in [0.5, 0.6) is 5.75 Å². The smallest absolute Gasteiger partial charge is 0.124 e. The molecule has 114 valence electrons. The molecule has 1 atom stereocenters. The molecule has 0 saturated carbocycles. The van der Waals surface area contributed by atoms with E-state index in [1.807, 2.05) is 18.2 Å². The van der Waals surface area contributed by atoms with Crippen molar-refractivity contribution >= 4 is 0 Å². The van der Waals surface area contributed by atoms with Gasteiger partial charge in [-0.2, -0.15) is 0 Å². The van der Waals surface area contributed by atoms with Crippen LogP contribution in [0, 0.1) is 0 Å². The van der Waals surface area contributed by atoms with Crippen LogP contribution in [0.1, 0.15) is 44.1 Å². The van der Waals surface area contributed by atoms with Crippen molar-refractivity contribution in [3.05, 3.63) is 54.0 Å². The highest BCUT2D eigenvalue weighted by Crippen LogP contribution is 2.28. The second-order valence-corrected chi connectivity index (χ2v) is 5.11. The number of nitrogens with one attached hydrogen (secondary N) is 1. The Kier molecular flexibility index (Phi) is 6.35. The third-order valence-corrected chi connectivity index (χ3v) is 3.47. The molecular formula is C18H25NO2. The minimum Gasteiger partial charge on any atom is -0.493 e. The van der Waals surface area contributed by atoms with Gasteiger partial charge in [0.05, 0.1) is 12.9 Å². The summed E-state index contributed by atoms with van der Waals surface area (Å²) < 4.78 is 11.3. The summed E-state index contributed by atoms with van der Waals surface area (Å²) in [6.45, 7) is 5.95. The molecule has 0 radical (unpaired) electrons. The zero-order chi connectivity index (χ0) is 14.9. The maximum atomic E-state index is 5.89. The monoisotopic (exact) mass is 287 g/mol. The molecule has 3 nitrogen and oxygen atoms in total. The average molecular weight is 287 g/mol. The van der Waals surface area contributed by atoms with E-state index in [4.69, 9.17) is 9.15 Å². The Bertz CT molecular complexity index is 508. The Hall–Kier alpha value is -1.74. The van der Waals surface area contributed by atoms with Crippen molar-refractivity contribution in [1.82, 2.24) is 5.32 Å². The summed E-state index contributed by atoms with van der Waals surface area (Å²) in [4.78, 5) is 0. The lowest BCUT2D eigenvalue weighted by Gasteiger charge is -2.21. The first-order valence-electron chi connectivity index (χ1n) is 7.82. The van der Waals surface area contributed by atoms with Crippen molar-refractivity contribution in [2.45, 2.75) is 39.2 Å². The Morgan fingerprint density at radius 1 is 1.14 bits per heavy atom. The van der Waals surface area contributed by atoms with Crippen molar-refractivity contribution < 1.29 is 9.15 Å². The van der Waals surface area contributed by atoms with Crippen LogP contribution < -0.4 is 10.1 Å². The number of rotatable bonds is 9. The van der Waals surface area contributed by atoms with Crippen LogP contribution in [0.25, 0.3) is 0 Å². The van der Waals surface area contributed by atoms with Crippen LogP contribution in [0.2, 0.25) is 0 Å². The zero-order valence-electron chi connectivity index (χ0n) is 13.0. The van der Waals surface area contributed by atoms with Gasteiger partial charge in [0.15, 0.2) is 0 Å². The molecule has 0 fully saturated rings. The molecule has 1 N–H and O–H groups in total. The maximum Gasteiger partial charge on any atom is 0.124 e. The van der Waals surface area contributed by atoms with Gasteiger partial charge < -0.3 is 14.5 Å². The fourth-order valence-corrected chi connectivity index (χ4v) is 2.47. The minimum atomic E-state index is 0.285. The number of para-hydroxylation sites is 1. The number of benzene rings is 1. The average Bonchev–Trinajstić information content (AvgIpc) is 3.03. The Morgan fingerprint density at radius 2 is 2.00 bits per heavy atom. The van der Waals surface area contributed by atoms with E-state index in [1.54, 1.807) is 6.26 Å². The van der Waals surface area contributed by atoms with E-state index in [2.05, 4.69) is 37.4 Å². The van der Waals surface area contributed by atoms with E-state index < -0.39 is 0 Å². The molecule has 21 heavy (non-hydrogen) atoms. The number of aryl methyl sites for hydroxylation is 1. The third-order valence-electron chi connectivity index (χ3n) is 3.47. The van der Waals surface area contributed by atoms with Crippen molar-refractivity contribution in [3.63, 3.8) is 0 Å². The molecule has 0 aliphatic carbocycles. The molecule has 3 heteroatoms. The quantitative estimate of drug-likeness (QED) is 0.744. The Balaban J connectivity index is 2.09. The molecule has 0 bridgehead atoms. The van der Waals surface area contributed by atoms with Gasteiger partial charge in [-0.15, -0.1) is 0 Å². The molecule has 1 heterocycles. The summed E-state index contributed by atoms with van der Waals surface area (Å²) in [5.74, 6) is 2.02. The largest absolute Gasteiger partial charge is 0.493 e. The van der Waals surface area contributed by atoms with Crippen LogP contribution in [0.3, 0.4) is 0 Å². The fraction of sp³-hybridized carbons (Fsp3) is 0.444. The van der Waals surface area contributed by atoms with E-state index in [1.165, 1.54) is 5.56 Å². The highest BCUT2D eigenvalue weighted by Gasteiger charge is 2.15. The molecule has 1 aromatic heterocycles. The van der Waals surface area contributed by atoms with Gasteiger partial charge >= 0.3 is 0 Å². The van der Waals surface area contributed by atoms with Gasteiger partial charge in [0.25, 0.3) is 0 Å². The lowest BCUT2D eigenvalue weighted by molar-refractivity contribution is 0.308. The normalized spacial score (nSPS) is 12.3. The van der Waals surface area contributed by atoms with E-state index in [0.717, 1.165) is 43.9 Å². The molecule has 0 aliphatic rings. The van der Waals surface area contributed by atoms with Crippen molar-refractivity contribution in [1.29, 1.82) is 0 Å². The third kappa shape index (κ3) is 4.64. The number of hydrogen-bond donors (Lipinski definition) is 1. The molecule has 0 spiro atoms. The van der Waals surface area contributed by atoms with Crippen LogP contribution in [-0.2, 0) is 6.42 Å².